The van der Waals surface area contributed by atoms with Crippen LogP contribution in [0.5, 0.6) is 11.5 Å². The number of urea groups is 4. The van der Waals surface area contributed by atoms with Gasteiger partial charge in [0.05, 0.1) is 58.5 Å². The van der Waals surface area contributed by atoms with Gasteiger partial charge >= 0.3 is 30.7 Å². The van der Waals surface area contributed by atoms with E-state index >= 15 is 0 Å². The number of alkyl halides is 2. The second-order valence-corrected chi connectivity index (χ2v) is 35.0. The van der Waals surface area contributed by atoms with Crippen LogP contribution in [0.15, 0.2) is 296 Å². The van der Waals surface area contributed by atoms with Crippen LogP contribution in [0.4, 0.5) is 73.5 Å². The molecule has 0 aromatic heterocycles. The van der Waals surface area contributed by atoms with Crippen molar-refractivity contribution in [1.82, 2.24) is 0 Å². The summed E-state index contributed by atoms with van der Waals surface area (Å²) in [6, 6.07) is 87.2. The number of aliphatic hydroxyl groups is 3. The molecule has 22 nitrogen and oxygen atoms in total. The highest BCUT2D eigenvalue weighted by Crippen LogP contribution is 2.58. The summed E-state index contributed by atoms with van der Waals surface area (Å²) in [5.74, 6) is -0.309. The number of imide groups is 1. The number of nitrogens with zero attached hydrogens (tertiary/aromatic N) is 8. The van der Waals surface area contributed by atoms with E-state index in [0.29, 0.717) is 45.3 Å². The van der Waals surface area contributed by atoms with Gasteiger partial charge in [-0.2, -0.15) is 8.78 Å². The highest BCUT2D eigenvalue weighted by atomic mass is 79.9. The summed E-state index contributed by atoms with van der Waals surface area (Å²) >= 11 is 3.36. The number of benzene rings is 12. The lowest BCUT2D eigenvalue weighted by Gasteiger charge is -2.51. The Hall–Kier alpha value is -13.0. The number of carbonyl (C=O) groups excluding carboxylic acids is 5. The smallest absolute Gasteiger partial charge is 0.387 e. The van der Waals surface area contributed by atoms with Crippen molar-refractivity contribution in [2.24, 2.45) is 0 Å². The van der Waals surface area contributed by atoms with Crippen molar-refractivity contribution in [3.8, 4) is 11.5 Å². The molecule has 0 bridgehead atoms. The second kappa shape index (κ2) is 35.0. The fourth-order valence-corrected chi connectivity index (χ4v) is 18.3. The summed E-state index contributed by atoms with van der Waals surface area (Å²) in [5.41, 5.74) is 7.89. The molecule has 12 aromatic rings. The molecule has 3 unspecified atom stereocenters. The van der Waals surface area contributed by atoms with E-state index in [-0.39, 0.29) is 93.9 Å². The number of phenolic OH excluding ortho intramolecular Hbond substituents is 1. The number of aryl methyl sites for hydroxylation is 10. The number of aromatic hydroxyl groups is 1. The Morgan fingerprint density at radius 2 is 0.578 bits per heavy atom. The van der Waals surface area contributed by atoms with Crippen LogP contribution in [0.2, 0.25) is 0 Å². The number of phenols is 1. The number of amides is 9. The molecule has 9 amide bonds. The average Bonchev–Trinajstić information content (AvgIpc) is 1.51. The second-order valence-electron chi connectivity index (χ2n) is 34.0. The molecule has 8 aliphatic rings. The third kappa shape index (κ3) is 15.4. The van der Waals surface area contributed by atoms with Crippen molar-refractivity contribution in [2.75, 3.05) is 92.1 Å². The van der Waals surface area contributed by atoms with E-state index in [4.69, 9.17) is 18.9 Å². The summed E-state index contributed by atoms with van der Waals surface area (Å²) in [7, 11) is 0. The molecule has 0 radical (unpaired) electrons. The van der Waals surface area contributed by atoms with Gasteiger partial charge in [0.15, 0.2) is 5.54 Å². The van der Waals surface area contributed by atoms with Gasteiger partial charge in [-0.3, -0.25) is 39.1 Å². The van der Waals surface area contributed by atoms with Crippen LogP contribution in [-0.2, 0) is 40.9 Å². The largest absolute Gasteiger partial charge is 0.508 e. The molecule has 3 atom stereocenters. The van der Waals surface area contributed by atoms with Gasteiger partial charge in [-0.25, -0.2) is 24.1 Å². The van der Waals surface area contributed by atoms with E-state index in [1.165, 1.54) is 49.4 Å². The highest BCUT2D eigenvalue weighted by molar-refractivity contribution is 9.10. The van der Waals surface area contributed by atoms with Crippen LogP contribution in [-0.4, -0.2) is 132 Å². The van der Waals surface area contributed by atoms with E-state index in [2.05, 4.69) is 39.7 Å². The molecule has 8 aliphatic heterocycles. The van der Waals surface area contributed by atoms with Gasteiger partial charge in [0.2, 0.25) is 17.2 Å². The first kappa shape index (κ1) is 88.5. The minimum absolute atomic E-state index is 0.0198. The van der Waals surface area contributed by atoms with Gasteiger partial charge in [-0.05, 0) is 203 Å². The van der Waals surface area contributed by atoms with Gasteiger partial charge in [-0.15, -0.1) is 0 Å². The molecule has 656 valence electrons. The first-order valence-electron chi connectivity index (χ1n) is 42.1. The molecule has 8 fully saturated rings. The maximum Gasteiger partial charge on any atom is 0.387 e. The van der Waals surface area contributed by atoms with E-state index in [0.717, 1.165) is 65.9 Å². The summed E-state index contributed by atoms with van der Waals surface area (Å²) in [4.78, 5) is 80.1. The van der Waals surface area contributed by atoms with Crippen LogP contribution >= 0.6 is 15.9 Å². The molecule has 8 saturated heterocycles. The standard InChI is InChI=1S/C26H24F2N2O4.C26H26N2O3.C25H24N2O4.C19H18N2O3.C7H7Br/c1-17-6-10-20(11-7-17)29-24(31)30(21-12-8-18(2)9-13-21)26(32,25(29)15-33-16-25)19-4-3-5-22(14-19)34-23(27)28;1-18-7-11-22(12-8-18)27-24(29)28(23-13-9-19(2)10-14-23)26(30,25(27)16-31-17-25)21-6-4-5-20(3)15-21;1-17-6-10-20(11-7-17)26-23(29)27(21-12-8-18(2)9-13-21)25(30,24(26)15-31-16-24)19-4-3-5-22(28)14-19;1-13-3-7-15(8-4-13)20-17(22)19(11-24-12-19)21(18(20)23)16-9-5-14(2)6-10-16;1-6-3-2-4-7(8)5-6/h3-14,23,32H,15-16H2,1-2H3;4-15,30H,16-17H2,1-3H3;3-14,28,30H,15-16H2,1-2H3;3-10H,11-12H2,1-2H3;2-5H,1H3. The predicted molar refractivity (Wildman–Crippen MR) is 493 cm³/mol. The van der Waals surface area contributed by atoms with E-state index < -0.39 is 52.0 Å². The summed E-state index contributed by atoms with van der Waals surface area (Å²) in [6.07, 6.45) is 0. The predicted octanol–water partition coefficient (Wildman–Crippen LogP) is 19.5. The monoisotopic (exact) mass is 1790 g/mol. The summed E-state index contributed by atoms with van der Waals surface area (Å²) in [6.45, 7) is 18.3. The van der Waals surface area contributed by atoms with Crippen molar-refractivity contribution >= 4 is 91.5 Å². The minimum Gasteiger partial charge on any atom is -0.508 e. The molecule has 4 N–H and O–H groups in total. The molecule has 20 rings (SSSR count). The molecule has 0 saturated carbocycles. The van der Waals surface area contributed by atoms with Gasteiger partial charge in [0.25, 0.3) is 5.91 Å². The Kier molecular flexibility index (Phi) is 24.2. The number of halogens is 3. The van der Waals surface area contributed by atoms with Crippen molar-refractivity contribution in [1.29, 1.82) is 0 Å². The zero-order chi connectivity index (χ0) is 90.6. The molecule has 4 spiro atoms. The van der Waals surface area contributed by atoms with Gasteiger partial charge in [-0.1, -0.05) is 229 Å². The molecule has 128 heavy (non-hydrogen) atoms. The average molecular weight is 1790 g/mol. The molecule has 0 aliphatic carbocycles. The van der Waals surface area contributed by atoms with E-state index in [1.54, 1.807) is 68.1 Å². The fourth-order valence-electron chi connectivity index (χ4n) is 17.8. The molecule has 8 heterocycles. The number of hydrogen-bond donors (Lipinski definition) is 4. The maximum absolute atomic E-state index is 14.0. The fraction of sp³-hybridized carbons (Fsp3) is 0.252. The quantitative estimate of drug-likeness (QED) is 0.0786. The van der Waals surface area contributed by atoms with Crippen molar-refractivity contribution in [3.63, 3.8) is 0 Å². The van der Waals surface area contributed by atoms with Crippen LogP contribution in [0, 0.1) is 69.2 Å². The Bertz CT molecular complexity index is 5920. The molecule has 25 heteroatoms. The first-order valence-corrected chi connectivity index (χ1v) is 42.9. The number of anilines is 8. The van der Waals surface area contributed by atoms with Gasteiger partial charge < -0.3 is 44.1 Å². The van der Waals surface area contributed by atoms with Crippen LogP contribution < -0.4 is 43.9 Å². The Morgan fingerprint density at radius 1 is 0.305 bits per heavy atom. The number of rotatable bonds is 13. The van der Waals surface area contributed by atoms with E-state index in [9.17, 15) is 53.2 Å². The molecular weight excluding hydrogens is 1690 g/mol. The summed E-state index contributed by atoms with van der Waals surface area (Å²) < 4.78 is 53.7. The lowest BCUT2D eigenvalue weighted by atomic mass is 9.78. The number of hydrogen-bond acceptors (Lipinski definition) is 14. The Morgan fingerprint density at radius 3 is 0.852 bits per heavy atom. The van der Waals surface area contributed by atoms with Crippen molar-refractivity contribution < 1.29 is 76.9 Å². The lowest BCUT2D eigenvalue weighted by molar-refractivity contribution is -0.153. The maximum atomic E-state index is 14.0. The topological polar surface area (TPSA) is 238 Å². The van der Waals surface area contributed by atoms with Crippen molar-refractivity contribution in [3.05, 3.63) is 368 Å². The highest BCUT2D eigenvalue weighted by Gasteiger charge is 2.75. The minimum atomic E-state index is -3.02. The van der Waals surface area contributed by atoms with Crippen LogP contribution in [0.3, 0.4) is 0 Å². The van der Waals surface area contributed by atoms with Crippen molar-refractivity contribution in [2.45, 2.75) is 115 Å². The molecule has 12 aromatic carbocycles. The summed E-state index contributed by atoms with van der Waals surface area (Å²) in [5, 5.41) is 47.5. The van der Waals surface area contributed by atoms with Crippen LogP contribution in [0.25, 0.3) is 0 Å². The van der Waals surface area contributed by atoms with Gasteiger partial charge in [0, 0.05) is 61.0 Å². The third-order valence-corrected chi connectivity index (χ3v) is 25.4. The zero-order valence-electron chi connectivity index (χ0n) is 72.5. The van der Waals surface area contributed by atoms with E-state index in [1.807, 2.05) is 269 Å². The normalized spacial score (nSPS) is 20.5. The first-order chi connectivity index (χ1) is 61.3. The Balaban J connectivity index is 0.000000122. The number of ether oxygens (including phenoxy) is 5. The third-order valence-electron chi connectivity index (χ3n) is 24.9. The van der Waals surface area contributed by atoms with Crippen LogP contribution in [0.1, 0.15) is 72.3 Å². The van der Waals surface area contributed by atoms with Gasteiger partial charge in [0.1, 0.15) is 28.1 Å². The molecular formula is C103H99BrF2N8O14. The SMILES string of the molecule is Cc1ccc(N2C(=O)N(c3ccc(C)cc3)C(O)(c3cccc(C)c3)C23COC3)cc1.Cc1ccc(N2C(=O)N(c3ccc(C)cc3)C(O)(c3cccc(O)c3)C23COC3)cc1.Cc1ccc(N2C(=O)N(c3ccc(C)cc3)C(O)(c3cccc(OC(F)F)c3)C23COC3)cc1.Cc1ccc(N2C(=O)N(c3ccc(C)cc3)C3(COC3)C2=O)cc1.Cc1cccc(Br)c1. The Labute approximate surface area is 750 Å². The zero-order valence-corrected chi connectivity index (χ0v) is 74.1. The lowest BCUT2D eigenvalue weighted by Crippen LogP contribution is -2.70. The number of carbonyl (C=O) groups is 5.